The third kappa shape index (κ3) is 4.30. The molecule has 0 bridgehead atoms. The van der Waals surface area contributed by atoms with E-state index in [0.717, 1.165) is 44.4 Å². The number of hydrogen-bond acceptors (Lipinski definition) is 4. The Kier molecular flexibility index (Phi) is 5.69. The maximum absolute atomic E-state index is 12.5. The van der Waals surface area contributed by atoms with Gasteiger partial charge in [-0.05, 0) is 42.7 Å². The molecule has 7 heteroatoms. The van der Waals surface area contributed by atoms with Crippen LogP contribution in [0.3, 0.4) is 0 Å². The van der Waals surface area contributed by atoms with Crippen LogP contribution in [0.5, 0.6) is 0 Å². The van der Waals surface area contributed by atoms with Gasteiger partial charge in [0.15, 0.2) is 0 Å². The second-order valence-corrected chi connectivity index (χ2v) is 8.67. The SMILES string of the molecule is O=C(NCCc1nnc2n1CCCCC2)c1ccc(-c2ccc(Br)cc2)s1. The number of nitrogens with zero attached hydrogens (tertiary/aromatic N) is 3. The molecule has 1 aliphatic heterocycles. The number of nitrogens with one attached hydrogen (secondary N) is 1. The molecule has 3 aromatic rings. The maximum atomic E-state index is 12.5. The minimum Gasteiger partial charge on any atom is -0.351 e. The van der Waals surface area contributed by atoms with E-state index in [9.17, 15) is 4.79 Å². The van der Waals surface area contributed by atoms with Crippen molar-refractivity contribution in [2.24, 2.45) is 0 Å². The topological polar surface area (TPSA) is 59.8 Å². The van der Waals surface area contributed by atoms with E-state index < -0.39 is 0 Å². The Morgan fingerprint density at radius 2 is 1.96 bits per heavy atom. The molecule has 0 atom stereocenters. The van der Waals surface area contributed by atoms with Crippen LogP contribution < -0.4 is 5.32 Å². The molecular formula is C20H21BrN4OS. The van der Waals surface area contributed by atoms with E-state index in [1.54, 1.807) is 0 Å². The number of fused-ring (bicyclic) bond motifs is 1. The molecule has 3 heterocycles. The molecule has 0 unspecified atom stereocenters. The fraction of sp³-hybridized carbons (Fsp3) is 0.350. The number of hydrogen-bond donors (Lipinski definition) is 1. The Balaban J connectivity index is 1.35. The molecule has 1 N–H and O–H groups in total. The van der Waals surface area contributed by atoms with Crippen molar-refractivity contribution in [1.29, 1.82) is 0 Å². The first-order chi connectivity index (χ1) is 13.2. The lowest BCUT2D eigenvalue weighted by atomic mass is 10.2. The summed E-state index contributed by atoms with van der Waals surface area (Å²) in [5.41, 5.74) is 1.12. The highest BCUT2D eigenvalue weighted by molar-refractivity contribution is 9.10. The van der Waals surface area contributed by atoms with E-state index in [4.69, 9.17) is 0 Å². The average molecular weight is 445 g/mol. The monoisotopic (exact) mass is 444 g/mol. The summed E-state index contributed by atoms with van der Waals surface area (Å²) in [4.78, 5) is 14.3. The van der Waals surface area contributed by atoms with E-state index in [1.165, 1.54) is 30.6 Å². The van der Waals surface area contributed by atoms with E-state index in [2.05, 4.69) is 48.1 Å². The third-order valence-corrected chi connectivity index (χ3v) is 6.44. The number of carbonyl (C=O) groups excluding carboxylic acids is 1. The molecule has 0 spiro atoms. The fourth-order valence-electron chi connectivity index (χ4n) is 3.33. The van der Waals surface area contributed by atoms with Crippen molar-refractivity contribution in [2.45, 2.75) is 38.6 Å². The number of amides is 1. The number of carbonyl (C=O) groups is 1. The minimum absolute atomic E-state index is 0.0287. The van der Waals surface area contributed by atoms with Crippen LogP contribution in [0.15, 0.2) is 40.9 Å². The molecule has 2 aromatic heterocycles. The lowest BCUT2D eigenvalue weighted by Gasteiger charge is -2.07. The normalized spacial score (nSPS) is 13.8. The lowest BCUT2D eigenvalue weighted by Crippen LogP contribution is -2.25. The summed E-state index contributed by atoms with van der Waals surface area (Å²) in [5, 5.41) is 11.7. The molecule has 1 amide bonds. The average Bonchev–Trinajstić information content (AvgIpc) is 3.24. The van der Waals surface area contributed by atoms with Crippen molar-refractivity contribution in [3.05, 3.63) is 57.4 Å². The van der Waals surface area contributed by atoms with Gasteiger partial charge in [-0.25, -0.2) is 0 Å². The molecule has 27 heavy (non-hydrogen) atoms. The zero-order valence-corrected chi connectivity index (χ0v) is 17.4. The number of rotatable bonds is 5. The van der Waals surface area contributed by atoms with Gasteiger partial charge >= 0.3 is 0 Å². The van der Waals surface area contributed by atoms with Gasteiger partial charge in [0.25, 0.3) is 5.91 Å². The second kappa shape index (κ2) is 8.35. The minimum atomic E-state index is -0.0287. The summed E-state index contributed by atoms with van der Waals surface area (Å²) in [6, 6.07) is 12.0. The number of aromatic nitrogens is 3. The van der Waals surface area contributed by atoms with Crippen LogP contribution >= 0.6 is 27.3 Å². The zero-order chi connectivity index (χ0) is 18.6. The van der Waals surface area contributed by atoms with Crippen molar-refractivity contribution in [1.82, 2.24) is 20.1 Å². The van der Waals surface area contributed by atoms with Gasteiger partial charge in [-0.3, -0.25) is 4.79 Å². The van der Waals surface area contributed by atoms with Crippen molar-refractivity contribution in [2.75, 3.05) is 6.54 Å². The van der Waals surface area contributed by atoms with Gasteiger partial charge in [-0.15, -0.1) is 21.5 Å². The first-order valence-electron chi connectivity index (χ1n) is 9.25. The smallest absolute Gasteiger partial charge is 0.261 e. The summed E-state index contributed by atoms with van der Waals surface area (Å²) < 4.78 is 3.28. The molecule has 0 radical (unpaired) electrons. The second-order valence-electron chi connectivity index (χ2n) is 6.67. The van der Waals surface area contributed by atoms with Gasteiger partial charge in [0.2, 0.25) is 0 Å². The van der Waals surface area contributed by atoms with E-state index >= 15 is 0 Å². The zero-order valence-electron chi connectivity index (χ0n) is 14.9. The number of benzene rings is 1. The van der Waals surface area contributed by atoms with Crippen LogP contribution in [-0.4, -0.2) is 27.2 Å². The fourth-order valence-corrected chi connectivity index (χ4v) is 4.53. The largest absolute Gasteiger partial charge is 0.351 e. The molecule has 140 valence electrons. The molecule has 0 saturated carbocycles. The van der Waals surface area contributed by atoms with Crippen LogP contribution in [0.2, 0.25) is 0 Å². The van der Waals surface area contributed by atoms with Crippen LogP contribution in [0, 0.1) is 0 Å². The standard InChI is InChI=1S/C20H21BrN4OS/c21-15-7-5-14(6-8-15)16-9-10-17(27-16)20(26)22-12-11-19-24-23-18-4-2-1-3-13-25(18)19/h5-10H,1-4,11-13H2,(H,22,26). The Labute approximate surface area is 171 Å². The maximum Gasteiger partial charge on any atom is 0.261 e. The van der Waals surface area contributed by atoms with Crippen molar-refractivity contribution in [3.63, 3.8) is 0 Å². The van der Waals surface area contributed by atoms with Gasteiger partial charge < -0.3 is 9.88 Å². The Morgan fingerprint density at radius 1 is 1.11 bits per heavy atom. The Morgan fingerprint density at radius 3 is 2.81 bits per heavy atom. The highest BCUT2D eigenvalue weighted by atomic mass is 79.9. The molecule has 1 aromatic carbocycles. The van der Waals surface area contributed by atoms with Crippen LogP contribution in [0.25, 0.3) is 10.4 Å². The van der Waals surface area contributed by atoms with E-state index in [1.807, 2.05) is 24.3 Å². The lowest BCUT2D eigenvalue weighted by molar-refractivity contribution is 0.0958. The first-order valence-corrected chi connectivity index (χ1v) is 10.9. The third-order valence-electron chi connectivity index (χ3n) is 4.78. The number of thiophene rings is 1. The molecular weight excluding hydrogens is 424 g/mol. The molecule has 0 saturated heterocycles. The van der Waals surface area contributed by atoms with Gasteiger partial charge in [0.05, 0.1) is 4.88 Å². The summed E-state index contributed by atoms with van der Waals surface area (Å²) >= 11 is 4.96. The number of aryl methyl sites for hydroxylation is 1. The van der Waals surface area contributed by atoms with Crippen LogP contribution in [-0.2, 0) is 19.4 Å². The highest BCUT2D eigenvalue weighted by Gasteiger charge is 2.15. The van der Waals surface area contributed by atoms with Crippen LogP contribution in [0.1, 0.15) is 40.6 Å². The Bertz CT molecular complexity index is 932. The van der Waals surface area contributed by atoms with Gasteiger partial charge in [-0.2, -0.15) is 0 Å². The van der Waals surface area contributed by atoms with Crippen LogP contribution in [0.4, 0.5) is 0 Å². The number of halogens is 1. The van der Waals surface area contributed by atoms with Gasteiger partial charge in [-0.1, -0.05) is 34.5 Å². The quantitative estimate of drug-likeness (QED) is 0.631. The predicted octanol–water partition coefficient (Wildman–Crippen LogP) is 4.47. The summed E-state index contributed by atoms with van der Waals surface area (Å²) in [7, 11) is 0. The predicted molar refractivity (Wildman–Crippen MR) is 111 cm³/mol. The molecule has 0 fully saturated rings. The summed E-state index contributed by atoms with van der Waals surface area (Å²) in [6.45, 7) is 1.57. The van der Waals surface area contributed by atoms with Gasteiger partial charge in [0.1, 0.15) is 11.6 Å². The van der Waals surface area contributed by atoms with Crippen molar-refractivity contribution in [3.8, 4) is 10.4 Å². The highest BCUT2D eigenvalue weighted by Crippen LogP contribution is 2.29. The first kappa shape index (κ1) is 18.4. The molecule has 1 aliphatic rings. The van der Waals surface area contributed by atoms with Crippen molar-refractivity contribution >= 4 is 33.2 Å². The summed E-state index contributed by atoms with van der Waals surface area (Å²) in [5.74, 6) is 2.04. The molecule has 5 nitrogen and oxygen atoms in total. The van der Waals surface area contributed by atoms with Crippen molar-refractivity contribution < 1.29 is 4.79 Å². The Hall–Kier alpha value is -1.99. The van der Waals surface area contributed by atoms with E-state index in [-0.39, 0.29) is 5.91 Å². The summed E-state index contributed by atoms with van der Waals surface area (Å²) in [6.07, 6.45) is 5.34. The van der Waals surface area contributed by atoms with E-state index in [0.29, 0.717) is 13.0 Å². The van der Waals surface area contributed by atoms with Gasteiger partial charge in [0, 0.05) is 35.3 Å². The molecule has 4 rings (SSSR count). The molecule has 0 aliphatic carbocycles.